The lowest BCUT2D eigenvalue weighted by atomic mass is 10.1. The number of benzene rings is 2. The van der Waals surface area contributed by atoms with Crippen LogP contribution in [0.1, 0.15) is 48.3 Å². The van der Waals surface area contributed by atoms with Gasteiger partial charge in [-0.2, -0.15) is 4.31 Å². The smallest absolute Gasteiger partial charge is 0.253 e. The van der Waals surface area contributed by atoms with Crippen molar-refractivity contribution in [2.24, 2.45) is 0 Å². The van der Waals surface area contributed by atoms with Crippen LogP contribution in [0.25, 0.3) is 11.0 Å². The maximum absolute atomic E-state index is 13.4. The minimum absolute atomic E-state index is 0.198. The largest absolute Gasteiger partial charge is 0.371 e. The van der Waals surface area contributed by atoms with Crippen molar-refractivity contribution in [3.05, 3.63) is 53.9 Å². The summed E-state index contributed by atoms with van der Waals surface area (Å²) < 4.78 is 30.2. The maximum atomic E-state index is 13.4. The van der Waals surface area contributed by atoms with Gasteiger partial charge in [0.2, 0.25) is 10.0 Å². The molecule has 2 aliphatic heterocycles. The van der Waals surface area contributed by atoms with E-state index < -0.39 is 10.0 Å². The first-order valence-corrected chi connectivity index (χ1v) is 14.0. The first kappa shape index (κ1) is 23.8. The van der Waals surface area contributed by atoms with Crippen LogP contribution < -0.4 is 10.2 Å². The topological polar surface area (TPSA) is 87.5 Å². The van der Waals surface area contributed by atoms with Crippen molar-refractivity contribution in [3.8, 4) is 0 Å². The van der Waals surface area contributed by atoms with E-state index >= 15 is 0 Å². The highest BCUT2D eigenvalue weighted by Gasteiger charge is 2.28. The maximum Gasteiger partial charge on any atom is 0.253 e. The van der Waals surface area contributed by atoms with Gasteiger partial charge in [-0.1, -0.05) is 18.6 Å². The molecule has 0 spiro atoms. The zero-order valence-electron chi connectivity index (χ0n) is 20.2. The first-order chi connectivity index (χ1) is 16.9. The average Bonchev–Trinajstić information content (AvgIpc) is 3.52. The third kappa shape index (κ3) is 4.79. The van der Waals surface area contributed by atoms with Gasteiger partial charge in [0.05, 0.1) is 21.5 Å². The molecule has 9 heteroatoms. The molecule has 2 aromatic carbocycles. The second-order valence-corrected chi connectivity index (χ2v) is 11.3. The predicted octanol–water partition coefficient (Wildman–Crippen LogP) is 3.55. The summed E-state index contributed by atoms with van der Waals surface area (Å²) in [5, 5.41) is 3.03. The van der Waals surface area contributed by atoms with Gasteiger partial charge in [0.1, 0.15) is 5.82 Å². The second kappa shape index (κ2) is 9.99. The van der Waals surface area contributed by atoms with Crippen LogP contribution in [-0.2, 0) is 16.6 Å². The molecule has 3 heterocycles. The number of rotatable bonds is 7. The van der Waals surface area contributed by atoms with Crippen LogP contribution in [0.3, 0.4) is 0 Å². The minimum atomic E-state index is -3.62. The zero-order valence-corrected chi connectivity index (χ0v) is 21.1. The number of carbonyl (C=O) groups is 1. The second-order valence-electron chi connectivity index (χ2n) is 9.39. The molecule has 35 heavy (non-hydrogen) atoms. The summed E-state index contributed by atoms with van der Waals surface area (Å²) >= 11 is 0. The molecule has 1 amide bonds. The van der Waals surface area contributed by atoms with Crippen molar-refractivity contribution in [2.75, 3.05) is 37.6 Å². The number of imidazole rings is 1. The van der Waals surface area contributed by atoms with Gasteiger partial charge >= 0.3 is 0 Å². The number of anilines is 1. The van der Waals surface area contributed by atoms with Gasteiger partial charge in [0.15, 0.2) is 0 Å². The Morgan fingerprint density at radius 2 is 1.69 bits per heavy atom. The van der Waals surface area contributed by atoms with Crippen molar-refractivity contribution in [2.45, 2.75) is 50.5 Å². The summed E-state index contributed by atoms with van der Waals surface area (Å²) in [5.41, 5.74) is 3.20. The Balaban J connectivity index is 1.38. The normalized spacial score (nSPS) is 17.2. The minimum Gasteiger partial charge on any atom is -0.371 e. The van der Waals surface area contributed by atoms with E-state index in [1.165, 1.54) is 0 Å². The summed E-state index contributed by atoms with van der Waals surface area (Å²) in [4.78, 5) is 20.4. The van der Waals surface area contributed by atoms with Crippen LogP contribution in [-0.4, -0.2) is 60.9 Å². The molecule has 0 radical (unpaired) electrons. The Morgan fingerprint density at radius 3 is 2.46 bits per heavy atom. The molecule has 0 aliphatic carbocycles. The lowest BCUT2D eigenvalue weighted by Gasteiger charge is -2.27. The van der Waals surface area contributed by atoms with Gasteiger partial charge in [-0.3, -0.25) is 4.79 Å². The molecular weight excluding hydrogens is 462 g/mol. The van der Waals surface area contributed by atoms with E-state index in [9.17, 15) is 13.2 Å². The summed E-state index contributed by atoms with van der Waals surface area (Å²) in [6.45, 7) is 5.79. The van der Waals surface area contributed by atoms with E-state index in [0.717, 1.165) is 67.7 Å². The monoisotopic (exact) mass is 495 g/mol. The van der Waals surface area contributed by atoms with Gasteiger partial charge in [-0.25, -0.2) is 13.4 Å². The molecule has 1 N–H and O–H groups in total. The number of piperidine rings is 1. The quantitative estimate of drug-likeness (QED) is 0.542. The highest BCUT2D eigenvalue weighted by Crippen LogP contribution is 2.29. The fourth-order valence-corrected chi connectivity index (χ4v) is 6.74. The number of fused-ring (bicyclic) bond motifs is 1. The van der Waals surface area contributed by atoms with Gasteiger partial charge < -0.3 is 14.8 Å². The van der Waals surface area contributed by atoms with Crippen LogP contribution in [0.2, 0.25) is 0 Å². The third-order valence-electron chi connectivity index (χ3n) is 7.08. The summed E-state index contributed by atoms with van der Waals surface area (Å²) in [6.07, 6.45) is 4.95. The summed E-state index contributed by atoms with van der Waals surface area (Å²) in [5.74, 6) is 0.650. The zero-order chi connectivity index (χ0) is 24.4. The fraction of sp³-hybridized carbons (Fsp3) is 0.462. The predicted molar refractivity (Wildman–Crippen MR) is 137 cm³/mol. The number of carbonyl (C=O) groups excluding carboxylic acids is 1. The number of aryl methyl sites for hydroxylation is 1. The average molecular weight is 496 g/mol. The molecule has 2 fully saturated rings. The lowest BCUT2D eigenvalue weighted by molar-refractivity contribution is 0.0952. The number of nitrogens with one attached hydrogen (secondary N) is 1. The van der Waals surface area contributed by atoms with Crippen LogP contribution in [0.5, 0.6) is 0 Å². The first-order valence-electron chi connectivity index (χ1n) is 12.5. The molecule has 1 aromatic heterocycles. The fourth-order valence-electron chi connectivity index (χ4n) is 5.20. The molecule has 2 aliphatic rings. The van der Waals surface area contributed by atoms with Crippen LogP contribution in [0, 0.1) is 6.92 Å². The number of hydrogen-bond acceptors (Lipinski definition) is 5. The Labute approximate surface area is 207 Å². The highest BCUT2D eigenvalue weighted by molar-refractivity contribution is 7.89. The number of hydrogen-bond donors (Lipinski definition) is 1. The van der Waals surface area contributed by atoms with Crippen molar-refractivity contribution in [1.29, 1.82) is 0 Å². The van der Waals surface area contributed by atoms with Crippen molar-refractivity contribution >= 4 is 32.7 Å². The summed E-state index contributed by atoms with van der Waals surface area (Å²) in [6, 6.07) is 13.0. The molecule has 5 rings (SSSR count). The molecule has 0 saturated carbocycles. The van der Waals surface area contributed by atoms with E-state index in [4.69, 9.17) is 0 Å². The van der Waals surface area contributed by atoms with Gasteiger partial charge in [-0.15, -0.1) is 0 Å². The highest BCUT2D eigenvalue weighted by atomic mass is 32.2. The van der Waals surface area contributed by atoms with E-state index in [0.29, 0.717) is 31.7 Å². The number of amides is 1. The van der Waals surface area contributed by atoms with E-state index in [2.05, 4.69) is 19.8 Å². The van der Waals surface area contributed by atoms with Gasteiger partial charge in [-0.05, 0) is 62.9 Å². The van der Waals surface area contributed by atoms with Crippen molar-refractivity contribution in [1.82, 2.24) is 19.2 Å². The molecule has 0 unspecified atom stereocenters. The molecule has 2 saturated heterocycles. The SMILES string of the molecule is Cc1nc2ccccc2n1CCNC(=O)c1cc(S(=O)(=O)N2CCCCC2)ccc1N1CCCC1. The van der Waals surface area contributed by atoms with Crippen LogP contribution in [0.15, 0.2) is 47.4 Å². The van der Waals surface area contributed by atoms with E-state index in [1.54, 1.807) is 16.4 Å². The van der Waals surface area contributed by atoms with Crippen LogP contribution >= 0.6 is 0 Å². The van der Waals surface area contributed by atoms with Crippen LogP contribution in [0.4, 0.5) is 5.69 Å². The van der Waals surface area contributed by atoms with Gasteiger partial charge in [0, 0.05) is 45.0 Å². The molecule has 0 bridgehead atoms. The number of aromatic nitrogens is 2. The number of para-hydroxylation sites is 2. The molecule has 0 atom stereocenters. The Kier molecular flexibility index (Phi) is 6.80. The third-order valence-corrected chi connectivity index (χ3v) is 8.97. The van der Waals surface area contributed by atoms with Crippen molar-refractivity contribution < 1.29 is 13.2 Å². The Morgan fingerprint density at radius 1 is 0.971 bits per heavy atom. The standard InChI is InChI=1S/C26H33N5O3S/c1-20-28-23-9-3-4-10-25(23)31(20)18-13-27-26(32)22-19-21(11-12-24(22)29-14-7-8-15-29)35(33,34)30-16-5-2-6-17-30/h3-4,9-12,19H,2,5-8,13-18H2,1H3,(H,27,32). The lowest BCUT2D eigenvalue weighted by Crippen LogP contribution is -2.36. The van der Waals surface area contributed by atoms with Gasteiger partial charge in [0.25, 0.3) is 5.91 Å². The summed E-state index contributed by atoms with van der Waals surface area (Å²) in [7, 11) is -3.62. The molecular formula is C26H33N5O3S. The number of nitrogens with zero attached hydrogens (tertiary/aromatic N) is 4. The molecule has 8 nitrogen and oxygen atoms in total. The Bertz CT molecular complexity index is 1320. The van der Waals surface area contributed by atoms with E-state index in [1.807, 2.05) is 37.3 Å². The van der Waals surface area contributed by atoms with Crippen molar-refractivity contribution in [3.63, 3.8) is 0 Å². The number of sulfonamides is 1. The van der Waals surface area contributed by atoms with E-state index in [-0.39, 0.29) is 10.8 Å². The molecule has 3 aromatic rings. The Hall–Kier alpha value is -2.91. The molecule has 186 valence electrons.